The van der Waals surface area contributed by atoms with Crippen LogP contribution in [-0.4, -0.2) is 16.6 Å². The smallest absolute Gasteiger partial charge is 0.112 e. The monoisotopic (exact) mass is 222 g/mol. The average molecular weight is 222 g/mol. The average Bonchev–Trinajstić information content (AvgIpc) is 2.73. The molecule has 2 heterocycles. The van der Waals surface area contributed by atoms with Gasteiger partial charge in [-0.2, -0.15) is 0 Å². The zero-order valence-corrected chi connectivity index (χ0v) is 10.6. The van der Waals surface area contributed by atoms with Gasteiger partial charge in [0.25, 0.3) is 0 Å². The SMILES string of the molecule is CCCC(C)(CC)c1nc2c([nH]1)COCC2. The summed E-state index contributed by atoms with van der Waals surface area (Å²) in [5, 5.41) is 0. The van der Waals surface area contributed by atoms with E-state index in [1.54, 1.807) is 0 Å². The molecule has 0 spiro atoms. The lowest BCUT2D eigenvalue weighted by molar-refractivity contribution is 0.107. The summed E-state index contributed by atoms with van der Waals surface area (Å²) < 4.78 is 5.44. The summed E-state index contributed by atoms with van der Waals surface area (Å²) in [4.78, 5) is 8.25. The fourth-order valence-corrected chi connectivity index (χ4v) is 2.41. The Kier molecular flexibility index (Phi) is 3.33. The van der Waals surface area contributed by atoms with Crippen LogP contribution in [0.25, 0.3) is 0 Å². The van der Waals surface area contributed by atoms with E-state index in [4.69, 9.17) is 9.72 Å². The van der Waals surface area contributed by atoms with Crippen molar-refractivity contribution in [2.45, 2.75) is 58.5 Å². The Morgan fingerprint density at radius 1 is 1.44 bits per heavy atom. The van der Waals surface area contributed by atoms with Crippen molar-refractivity contribution in [1.29, 1.82) is 0 Å². The zero-order chi connectivity index (χ0) is 11.6. The lowest BCUT2D eigenvalue weighted by atomic mass is 9.82. The standard InChI is InChI=1S/C13H22N2O/c1-4-7-13(3,5-2)12-14-10-6-8-16-9-11(10)15-12/h4-9H2,1-3H3,(H,14,15). The first-order valence-electron chi connectivity index (χ1n) is 6.35. The van der Waals surface area contributed by atoms with Crippen molar-refractivity contribution in [3.63, 3.8) is 0 Å². The largest absolute Gasteiger partial charge is 0.375 e. The first kappa shape index (κ1) is 11.6. The van der Waals surface area contributed by atoms with Crippen molar-refractivity contribution >= 4 is 0 Å². The molecule has 90 valence electrons. The highest BCUT2D eigenvalue weighted by atomic mass is 16.5. The molecule has 1 aromatic heterocycles. The van der Waals surface area contributed by atoms with E-state index in [9.17, 15) is 0 Å². The minimum Gasteiger partial charge on any atom is -0.375 e. The van der Waals surface area contributed by atoms with Gasteiger partial charge in [0, 0.05) is 11.8 Å². The van der Waals surface area contributed by atoms with E-state index in [1.807, 2.05) is 0 Å². The van der Waals surface area contributed by atoms with Crippen LogP contribution in [0.1, 0.15) is 57.2 Å². The molecule has 16 heavy (non-hydrogen) atoms. The van der Waals surface area contributed by atoms with Crippen LogP contribution in [0.15, 0.2) is 0 Å². The van der Waals surface area contributed by atoms with Crippen molar-refractivity contribution < 1.29 is 4.74 Å². The molecule has 0 radical (unpaired) electrons. The van der Waals surface area contributed by atoms with Gasteiger partial charge in [0.1, 0.15) is 5.82 Å². The molecule has 0 fully saturated rings. The maximum Gasteiger partial charge on any atom is 0.112 e. The second-order valence-electron chi connectivity index (χ2n) is 4.98. The van der Waals surface area contributed by atoms with Gasteiger partial charge >= 0.3 is 0 Å². The number of H-pyrrole nitrogens is 1. The number of imidazole rings is 1. The number of fused-ring (bicyclic) bond motifs is 1. The normalized spacial score (nSPS) is 19.2. The van der Waals surface area contributed by atoms with Crippen LogP contribution in [0.5, 0.6) is 0 Å². The van der Waals surface area contributed by atoms with E-state index in [-0.39, 0.29) is 5.41 Å². The molecule has 3 heteroatoms. The van der Waals surface area contributed by atoms with E-state index in [2.05, 4.69) is 25.8 Å². The number of hydrogen-bond acceptors (Lipinski definition) is 2. The van der Waals surface area contributed by atoms with Crippen molar-refractivity contribution in [2.24, 2.45) is 0 Å². The highest BCUT2D eigenvalue weighted by Gasteiger charge is 2.28. The molecule has 0 aliphatic carbocycles. The molecular weight excluding hydrogens is 200 g/mol. The minimum absolute atomic E-state index is 0.200. The van der Waals surface area contributed by atoms with Crippen LogP contribution >= 0.6 is 0 Å². The van der Waals surface area contributed by atoms with Gasteiger partial charge in [0.05, 0.1) is 24.6 Å². The Bertz CT molecular complexity index is 335. The maximum absolute atomic E-state index is 5.44. The van der Waals surface area contributed by atoms with Crippen LogP contribution in [0.3, 0.4) is 0 Å². The quantitative estimate of drug-likeness (QED) is 0.850. The summed E-state index contributed by atoms with van der Waals surface area (Å²) in [6.45, 7) is 8.30. The fourth-order valence-electron chi connectivity index (χ4n) is 2.41. The fraction of sp³-hybridized carbons (Fsp3) is 0.769. The van der Waals surface area contributed by atoms with Gasteiger partial charge in [-0.15, -0.1) is 0 Å². The molecule has 1 N–H and O–H groups in total. The topological polar surface area (TPSA) is 37.9 Å². The number of aromatic nitrogens is 2. The van der Waals surface area contributed by atoms with Crippen LogP contribution in [0, 0.1) is 0 Å². The molecule has 1 aliphatic rings. The molecule has 2 rings (SSSR count). The third kappa shape index (κ3) is 2.01. The number of nitrogens with one attached hydrogen (secondary N) is 1. The number of hydrogen-bond donors (Lipinski definition) is 1. The molecule has 3 nitrogen and oxygen atoms in total. The zero-order valence-electron chi connectivity index (χ0n) is 10.6. The summed E-state index contributed by atoms with van der Waals surface area (Å²) in [7, 11) is 0. The van der Waals surface area contributed by atoms with Gasteiger partial charge in [-0.3, -0.25) is 0 Å². The van der Waals surface area contributed by atoms with E-state index in [1.165, 1.54) is 24.2 Å². The van der Waals surface area contributed by atoms with Crippen LogP contribution < -0.4 is 0 Å². The van der Waals surface area contributed by atoms with E-state index >= 15 is 0 Å². The Morgan fingerprint density at radius 2 is 2.25 bits per heavy atom. The first-order chi connectivity index (χ1) is 7.69. The first-order valence-corrected chi connectivity index (χ1v) is 6.35. The highest BCUT2D eigenvalue weighted by molar-refractivity contribution is 5.20. The van der Waals surface area contributed by atoms with Crippen molar-refractivity contribution in [1.82, 2.24) is 9.97 Å². The van der Waals surface area contributed by atoms with Gasteiger partial charge in [-0.25, -0.2) is 4.98 Å². The second kappa shape index (κ2) is 4.58. The summed E-state index contributed by atoms with van der Waals surface area (Å²) in [6, 6.07) is 0. The summed E-state index contributed by atoms with van der Waals surface area (Å²) in [6.07, 6.45) is 4.48. The molecule has 0 amide bonds. The van der Waals surface area contributed by atoms with E-state index in [0.29, 0.717) is 6.61 Å². The summed E-state index contributed by atoms with van der Waals surface area (Å²) >= 11 is 0. The molecule has 0 saturated carbocycles. The molecule has 0 saturated heterocycles. The second-order valence-corrected chi connectivity index (χ2v) is 4.98. The third-order valence-electron chi connectivity index (χ3n) is 3.75. The van der Waals surface area contributed by atoms with Gasteiger partial charge in [0.15, 0.2) is 0 Å². The van der Waals surface area contributed by atoms with Crippen LogP contribution in [0.2, 0.25) is 0 Å². The van der Waals surface area contributed by atoms with E-state index in [0.717, 1.165) is 25.3 Å². The maximum atomic E-state index is 5.44. The predicted octanol–water partition coefficient (Wildman–Crippen LogP) is 2.95. The third-order valence-corrected chi connectivity index (χ3v) is 3.75. The van der Waals surface area contributed by atoms with Crippen LogP contribution in [-0.2, 0) is 23.2 Å². The predicted molar refractivity (Wildman–Crippen MR) is 64.5 cm³/mol. The number of nitrogens with zero attached hydrogens (tertiary/aromatic N) is 1. The molecule has 1 aliphatic heterocycles. The van der Waals surface area contributed by atoms with E-state index < -0.39 is 0 Å². The summed E-state index contributed by atoms with van der Waals surface area (Å²) in [5.74, 6) is 1.16. The molecule has 0 bridgehead atoms. The molecule has 1 aromatic rings. The van der Waals surface area contributed by atoms with Gasteiger partial charge < -0.3 is 9.72 Å². The molecule has 1 unspecified atom stereocenters. The van der Waals surface area contributed by atoms with Gasteiger partial charge in [0.2, 0.25) is 0 Å². The van der Waals surface area contributed by atoms with Gasteiger partial charge in [-0.1, -0.05) is 27.2 Å². The Hall–Kier alpha value is -0.830. The highest BCUT2D eigenvalue weighted by Crippen LogP contribution is 2.31. The lowest BCUT2D eigenvalue weighted by Crippen LogP contribution is -2.22. The van der Waals surface area contributed by atoms with Crippen molar-refractivity contribution in [3.8, 4) is 0 Å². The summed E-state index contributed by atoms with van der Waals surface area (Å²) in [5.41, 5.74) is 2.61. The minimum atomic E-state index is 0.200. The van der Waals surface area contributed by atoms with Crippen LogP contribution in [0.4, 0.5) is 0 Å². The van der Waals surface area contributed by atoms with Gasteiger partial charge in [-0.05, 0) is 12.8 Å². The Balaban J connectivity index is 2.28. The Morgan fingerprint density at radius 3 is 2.88 bits per heavy atom. The molecule has 1 atom stereocenters. The Labute approximate surface area is 97.6 Å². The van der Waals surface area contributed by atoms with Crippen molar-refractivity contribution in [3.05, 3.63) is 17.2 Å². The number of rotatable bonds is 4. The molecular formula is C13H22N2O. The number of aromatic amines is 1. The number of ether oxygens (including phenoxy) is 1. The molecule has 0 aromatic carbocycles. The van der Waals surface area contributed by atoms with Crippen molar-refractivity contribution in [2.75, 3.05) is 6.61 Å². The lowest BCUT2D eigenvalue weighted by Gasteiger charge is -2.25.